The van der Waals surface area contributed by atoms with Crippen molar-refractivity contribution in [3.05, 3.63) is 54.1 Å². The normalized spacial score (nSPS) is 27.2. The largest absolute Gasteiger partial charge is 0.359 e. The molecular formula is C23H29N3OS. The molecule has 3 unspecified atom stereocenters. The summed E-state index contributed by atoms with van der Waals surface area (Å²) in [6.45, 7) is 8.65. The van der Waals surface area contributed by atoms with E-state index in [-0.39, 0.29) is 11.8 Å². The van der Waals surface area contributed by atoms with Crippen molar-refractivity contribution in [2.75, 3.05) is 25.0 Å². The summed E-state index contributed by atoms with van der Waals surface area (Å²) < 4.78 is 0. The van der Waals surface area contributed by atoms with Gasteiger partial charge in [-0.15, -0.1) is 6.58 Å². The molecule has 0 aromatic heterocycles. The van der Waals surface area contributed by atoms with Crippen LogP contribution >= 0.6 is 12.2 Å². The maximum atomic E-state index is 12.5. The van der Waals surface area contributed by atoms with Crippen molar-refractivity contribution in [2.24, 2.45) is 17.8 Å². The summed E-state index contributed by atoms with van der Waals surface area (Å²) in [5.41, 5.74) is 3.57. The van der Waals surface area contributed by atoms with Gasteiger partial charge in [0.15, 0.2) is 5.11 Å². The number of para-hydroxylation sites is 1. The summed E-state index contributed by atoms with van der Waals surface area (Å²) in [6, 6.07) is 8.09. The zero-order chi connectivity index (χ0) is 19.7. The van der Waals surface area contributed by atoms with E-state index in [0.29, 0.717) is 17.8 Å². The fourth-order valence-corrected chi connectivity index (χ4v) is 5.03. The van der Waals surface area contributed by atoms with Gasteiger partial charge in [0.25, 0.3) is 0 Å². The topological polar surface area (TPSA) is 44.4 Å². The lowest BCUT2D eigenvalue weighted by Crippen LogP contribution is -2.45. The summed E-state index contributed by atoms with van der Waals surface area (Å²) in [7, 11) is 0. The third kappa shape index (κ3) is 3.72. The number of nitrogens with one attached hydrogen (secondary N) is 2. The van der Waals surface area contributed by atoms with Crippen LogP contribution in [-0.2, 0) is 4.79 Å². The Morgan fingerprint density at radius 3 is 2.79 bits per heavy atom. The van der Waals surface area contributed by atoms with E-state index in [9.17, 15) is 4.79 Å². The minimum Gasteiger partial charge on any atom is -0.359 e. The summed E-state index contributed by atoms with van der Waals surface area (Å²) in [5.74, 6) is 1.80. The van der Waals surface area contributed by atoms with Crippen molar-refractivity contribution in [3.8, 4) is 0 Å². The van der Waals surface area contributed by atoms with Crippen LogP contribution in [0.2, 0.25) is 0 Å². The van der Waals surface area contributed by atoms with Gasteiger partial charge in [0, 0.05) is 25.3 Å². The fourth-order valence-electron chi connectivity index (χ4n) is 4.78. The summed E-state index contributed by atoms with van der Waals surface area (Å²) in [6.07, 6.45) is 7.48. The number of piperidine rings is 1. The molecule has 2 fully saturated rings. The maximum absolute atomic E-state index is 12.5. The molecule has 2 N–H and O–H groups in total. The van der Waals surface area contributed by atoms with Crippen molar-refractivity contribution in [1.29, 1.82) is 0 Å². The number of allylic oxidation sites excluding steroid dienone is 2. The molecule has 2 heterocycles. The van der Waals surface area contributed by atoms with Crippen LogP contribution in [0.3, 0.4) is 0 Å². The lowest BCUT2D eigenvalue weighted by molar-refractivity contribution is -0.118. The van der Waals surface area contributed by atoms with Crippen molar-refractivity contribution in [3.63, 3.8) is 0 Å². The molecule has 1 saturated heterocycles. The molecule has 4 rings (SSSR count). The van der Waals surface area contributed by atoms with E-state index in [4.69, 9.17) is 12.2 Å². The Labute approximate surface area is 173 Å². The molecule has 28 heavy (non-hydrogen) atoms. The molecule has 3 atom stereocenters. The first-order chi connectivity index (χ1) is 13.6. The second-order valence-corrected chi connectivity index (χ2v) is 8.53. The Bertz CT molecular complexity index is 810. The highest BCUT2D eigenvalue weighted by atomic mass is 32.1. The average molecular weight is 396 g/mol. The van der Waals surface area contributed by atoms with Gasteiger partial charge >= 0.3 is 0 Å². The number of anilines is 1. The number of carbonyl (C=O) groups excluding carboxylic acids is 1. The molecule has 1 saturated carbocycles. The minimum atomic E-state index is -0.0137. The standard InChI is InChI=1S/C23H29N3OS/c1-3-15-13-19(15)16(4-2)14-24-23(28)26-11-9-17(10-12-26)21-18-7-5-6-8-20(18)25-22(21)27/h3-8,15,17,19,21H,1,9-14H2,2H3,(H,24,28)(H,25,27)/b16-4-. The van der Waals surface area contributed by atoms with Gasteiger partial charge in [-0.3, -0.25) is 4.79 Å². The molecule has 148 valence electrons. The number of rotatable bonds is 5. The van der Waals surface area contributed by atoms with Gasteiger partial charge in [-0.2, -0.15) is 0 Å². The van der Waals surface area contributed by atoms with Crippen molar-refractivity contribution < 1.29 is 4.79 Å². The highest BCUT2D eigenvalue weighted by Gasteiger charge is 2.39. The number of carbonyl (C=O) groups is 1. The average Bonchev–Trinajstić information content (AvgIpc) is 3.42. The van der Waals surface area contributed by atoms with Gasteiger partial charge < -0.3 is 15.5 Å². The van der Waals surface area contributed by atoms with Crippen LogP contribution in [0.4, 0.5) is 5.69 Å². The van der Waals surface area contributed by atoms with Crippen LogP contribution in [0.25, 0.3) is 0 Å². The number of hydrogen-bond donors (Lipinski definition) is 2. The summed E-state index contributed by atoms with van der Waals surface area (Å²) >= 11 is 5.65. The van der Waals surface area contributed by atoms with Crippen molar-refractivity contribution in [2.45, 2.75) is 32.1 Å². The van der Waals surface area contributed by atoms with E-state index in [1.165, 1.54) is 12.0 Å². The van der Waals surface area contributed by atoms with Gasteiger partial charge in [-0.05, 0) is 67.8 Å². The number of likely N-dealkylation sites (tertiary alicyclic amines) is 1. The van der Waals surface area contributed by atoms with Gasteiger partial charge in [0.2, 0.25) is 5.91 Å². The Morgan fingerprint density at radius 2 is 2.11 bits per heavy atom. The zero-order valence-electron chi connectivity index (χ0n) is 16.5. The van der Waals surface area contributed by atoms with Crippen LogP contribution in [-0.4, -0.2) is 35.6 Å². The molecule has 3 aliphatic rings. The summed E-state index contributed by atoms with van der Waals surface area (Å²) in [4.78, 5) is 14.8. The highest BCUT2D eigenvalue weighted by molar-refractivity contribution is 7.80. The monoisotopic (exact) mass is 395 g/mol. The minimum absolute atomic E-state index is 0.0137. The highest BCUT2D eigenvalue weighted by Crippen LogP contribution is 2.44. The predicted octanol–water partition coefficient (Wildman–Crippen LogP) is 4.08. The number of benzene rings is 1. The zero-order valence-corrected chi connectivity index (χ0v) is 17.3. The molecule has 0 bridgehead atoms. The number of nitrogens with zero attached hydrogens (tertiary/aromatic N) is 1. The quantitative estimate of drug-likeness (QED) is 0.583. The van der Waals surface area contributed by atoms with E-state index in [1.54, 1.807) is 0 Å². The molecule has 1 aromatic carbocycles. The molecule has 1 aromatic rings. The number of thiocarbonyl (C=S) groups is 1. The van der Waals surface area contributed by atoms with Gasteiger partial charge in [0.1, 0.15) is 0 Å². The summed E-state index contributed by atoms with van der Waals surface area (Å²) in [5, 5.41) is 7.33. The van der Waals surface area contributed by atoms with Crippen molar-refractivity contribution in [1.82, 2.24) is 10.2 Å². The van der Waals surface area contributed by atoms with Crippen molar-refractivity contribution >= 4 is 28.9 Å². The third-order valence-electron chi connectivity index (χ3n) is 6.57. The van der Waals surface area contributed by atoms with Gasteiger partial charge in [-0.25, -0.2) is 0 Å². The van der Waals surface area contributed by atoms with E-state index < -0.39 is 0 Å². The molecule has 4 nitrogen and oxygen atoms in total. The molecule has 1 amide bonds. The Kier molecular flexibility index (Phi) is 5.54. The number of hydrogen-bond acceptors (Lipinski definition) is 2. The molecular weight excluding hydrogens is 366 g/mol. The van der Waals surface area contributed by atoms with Crippen LogP contribution < -0.4 is 10.6 Å². The van der Waals surface area contributed by atoms with E-state index in [1.807, 2.05) is 18.2 Å². The number of fused-ring (bicyclic) bond motifs is 1. The Hall–Kier alpha value is -2.14. The second-order valence-electron chi connectivity index (χ2n) is 8.14. The third-order valence-corrected chi connectivity index (χ3v) is 6.97. The Morgan fingerprint density at radius 1 is 1.36 bits per heavy atom. The number of amides is 1. The lowest BCUT2D eigenvalue weighted by Gasteiger charge is -2.35. The van der Waals surface area contributed by atoms with Crippen LogP contribution in [0.1, 0.15) is 37.7 Å². The Balaban J connectivity index is 1.29. The van der Waals surface area contributed by atoms with Crippen LogP contribution in [0.15, 0.2) is 48.6 Å². The molecule has 0 radical (unpaired) electrons. The van der Waals surface area contributed by atoms with E-state index >= 15 is 0 Å². The van der Waals surface area contributed by atoms with Gasteiger partial charge in [-0.1, -0.05) is 35.9 Å². The first-order valence-corrected chi connectivity index (χ1v) is 10.7. The molecule has 0 spiro atoms. The van der Waals surface area contributed by atoms with Crippen LogP contribution in [0.5, 0.6) is 0 Å². The predicted molar refractivity (Wildman–Crippen MR) is 118 cm³/mol. The maximum Gasteiger partial charge on any atom is 0.232 e. The fraction of sp³-hybridized carbons (Fsp3) is 0.478. The lowest BCUT2D eigenvalue weighted by atomic mass is 9.81. The van der Waals surface area contributed by atoms with Crippen LogP contribution in [0, 0.1) is 17.8 Å². The molecule has 5 heteroatoms. The molecule has 2 aliphatic heterocycles. The SMILES string of the molecule is C=CC1CC1/C(=C\C)CNC(=S)N1CCC(C2C(=O)Nc3ccccc32)CC1. The first kappa shape index (κ1) is 19.2. The second kappa shape index (κ2) is 8.08. The molecule has 1 aliphatic carbocycles. The van der Waals surface area contributed by atoms with E-state index in [0.717, 1.165) is 48.8 Å². The van der Waals surface area contributed by atoms with Gasteiger partial charge in [0.05, 0.1) is 5.92 Å². The first-order valence-electron chi connectivity index (χ1n) is 10.3. The smallest absolute Gasteiger partial charge is 0.232 e. The van der Waals surface area contributed by atoms with E-state index in [2.05, 4.69) is 47.3 Å².